The maximum Gasteiger partial charge on any atom is 0.281 e. The van der Waals surface area contributed by atoms with Crippen LogP contribution in [0.5, 0.6) is 0 Å². The zero-order valence-electron chi connectivity index (χ0n) is 14.7. The molecular weight excluding hydrogens is 346 g/mol. The first-order valence-electron chi connectivity index (χ1n) is 8.40. The molecule has 3 rings (SSSR count). The van der Waals surface area contributed by atoms with Gasteiger partial charge in [-0.05, 0) is 31.9 Å². The Morgan fingerprint density at radius 1 is 1.25 bits per heavy atom. The first-order chi connectivity index (χ1) is 11.3. The van der Waals surface area contributed by atoms with Crippen LogP contribution in [0.2, 0.25) is 0 Å². The number of hydrogen-bond acceptors (Lipinski definition) is 5. The zero-order chi connectivity index (χ0) is 17.4. The number of hydrogen-bond donors (Lipinski definition) is 0. The summed E-state index contributed by atoms with van der Waals surface area (Å²) in [5.74, 6) is 0. The van der Waals surface area contributed by atoms with Gasteiger partial charge in [-0.2, -0.15) is 17.0 Å². The number of nitrogens with zero attached hydrogens (tertiary/aromatic N) is 3. The topological polar surface area (TPSA) is 53.1 Å². The fourth-order valence-electron chi connectivity index (χ4n) is 3.45. The number of likely N-dealkylation sites (tertiary alicyclic amines) is 1. The predicted octanol–water partition coefficient (Wildman–Crippen LogP) is 1.53. The quantitative estimate of drug-likeness (QED) is 0.803. The van der Waals surface area contributed by atoms with E-state index < -0.39 is 10.2 Å². The van der Waals surface area contributed by atoms with Gasteiger partial charge in [0.25, 0.3) is 10.2 Å². The maximum absolute atomic E-state index is 12.4. The third-order valence-corrected chi connectivity index (χ3v) is 7.82. The fourth-order valence-corrected chi connectivity index (χ4v) is 5.55. The second kappa shape index (κ2) is 7.01. The van der Waals surface area contributed by atoms with Crippen LogP contribution in [0.15, 0.2) is 12.1 Å². The van der Waals surface area contributed by atoms with E-state index in [0.29, 0.717) is 19.7 Å². The number of rotatable bonds is 4. The van der Waals surface area contributed by atoms with Crippen LogP contribution in [0.3, 0.4) is 0 Å². The molecule has 2 aliphatic heterocycles. The van der Waals surface area contributed by atoms with Crippen molar-refractivity contribution in [3.63, 3.8) is 0 Å². The van der Waals surface area contributed by atoms with Gasteiger partial charge in [0, 0.05) is 56.6 Å². The van der Waals surface area contributed by atoms with Crippen molar-refractivity contribution >= 4 is 21.5 Å². The molecule has 0 saturated carbocycles. The Kier molecular flexibility index (Phi) is 5.34. The van der Waals surface area contributed by atoms with Gasteiger partial charge in [0.2, 0.25) is 0 Å². The first-order valence-corrected chi connectivity index (χ1v) is 10.6. The molecule has 8 heteroatoms. The molecule has 3 heterocycles. The Labute approximate surface area is 149 Å². The molecule has 0 atom stereocenters. The molecule has 0 N–H and O–H groups in total. The second-order valence-electron chi connectivity index (χ2n) is 6.94. The molecular formula is C16H27N3O3S2. The summed E-state index contributed by atoms with van der Waals surface area (Å²) in [5, 5.41) is 0. The highest BCUT2D eigenvalue weighted by Crippen LogP contribution is 2.32. The maximum atomic E-state index is 12.4. The number of ether oxygens (including phenoxy) is 1. The summed E-state index contributed by atoms with van der Waals surface area (Å²) in [4.78, 5) is 5.18. The Bertz CT molecular complexity index is 664. The van der Waals surface area contributed by atoms with Gasteiger partial charge < -0.3 is 4.74 Å². The van der Waals surface area contributed by atoms with Crippen LogP contribution in [0.4, 0.5) is 0 Å². The van der Waals surface area contributed by atoms with Crippen molar-refractivity contribution in [2.75, 3.05) is 46.9 Å². The Morgan fingerprint density at radius 3 is 2.54 bits per heavy atom. The lowest BCUT2D eigenvalue weighted by atomic mass is 9.90. The van der Waals surface area contributed by atoms with Gasteiger partial charge in [0.1, 0.15) is 0 Å². The zero-order valence-corrected chi connectivity index (χ0v) is 16.3. The van der Waals surface area contributed by atoms with Crippen LogP contribution in [0.25, 0.3) is 0 Å². The van der Waals surface area contributed by atoms with Gasteiger partial charge in [-0.1, -0.05) is 0 Å². The van der Waals surface area contributed by atoms with Crippen molar-refractivity contribution < 1.29 is 13.2 Å². The second-order valence-corrected chi connectivity index (χ2v) is 10.5. The highest BCUT2D eigenvalue weighted by Gasteiger charge is 2.43. The summed E-state index contributed by atoms with van der Waals surface area (Å²) in [7, 11) is -0.187. The highest BCUT2D eigenvalue weighted by molar-refractivity contribution is 7.86. The number of morpholine rings is 1. The monoisotopic (exact) mass is 373 g/mol. The molecule has 24 heavy (non-hydrogen) atoms. The van der Waals surface area contributed by atoms with Crippen molar-refractivity contribution in [2.24, 2.45) is 0 Å². The smallest absolute Gasteiger partial charge is 0.281 e. The largest absolute Gasteiger partial charge is 0.372 e. The Hall–Kier alpha value is -0.510. The molecule has 2 fully saturated rings. The number of thiophene rings is 1. The molecule has 2 aliphatic rings. The molecule has 136 valence electrons. The number of aryl methyl sites for hydroxylation is 1. The third-order valence-electron chi connectivity index (χ3n) is 4.94. The van der Waals surface area contributed by atoms with Crippen LogP contribution in [0, 0.1) is 6.92 Å². The van der Waals surface area contributed by atoms with Crippen LogP contribution >= 0.6 is 11.3 Å². The van der Waals surface area contributed by atoms with Gasteiger partial charge in [0.15, 0.2) is 0 Å². The molecule has 2 saturated heterocycles. The molecule has 1 aromatic rings. The highest BCUT2D eigenvalue weighted by atomic mass is 32.2. The van der Waals surface area contributed by atoms with E-state index in [4.69, 9.17) is 4.74 Å². The first kappa shape index (κ1) is 18.3. The SMILES string of the molecule is Cc1ccc(CN2CCC3(CC2)CN(S(=O)(=O)N(C)C)CCO3)s1. The summed E-state index contributed by atoms with van der Waals surface area (Å²) in [6.45, 7) is 6.42. The van der Waals surface area contributed by atoms with E-state index in [0.717, 1.165) is 32.5 Å². The lowest BCUT2D eigenvalue weighted by Crippen LogP contribution is -2.59. The molecule has 0 bridgehead atoms. The molecule has 0 radical (unpaired) electrons. The minimum absolute atomic E-state index is 0.316. The van der Waals surface area contributed by atoms with Crippen molar-refractivity contribution in [3.05, 3.63) is 21.9 Å². The summed E-state index contributed by atoms with van der Waals surface area (Å²) in [6, 6.07) is 4.37. The normalized spacial score (nSPS) is 23.2. The van der Waals surface area contributed by atoms with Gasteiger partial charge >= 0.3 is 0 Å². The predicted molar refractivity (Wildman–Crippen MR) is 96.4 cm³/mol. The molecule has 1 aromatic heterocycles. The third kappa shape index (κ3) is 3.84. The molecule has 0 aromatic carbocycles. The Balaban J connectivity index is 1.60. The molecule has 6 nitrogen and oxygen atoms in total. The van der Waals surface area contributed by atoms with E-state index in [1.54, 1.807) is 18.4 Å². The summed E-state index contributed by atoms with van der Waals surface area (Å²) in [6.07, 6.45) is 1.77. The standard InChI is InChI=1S/C16H27N3O3S2/c1-14-4-5-15(23-14)12-18-8-6-16(7-9-18)13-19(10-11-22-16)24(20,21)17(2)3/h4-5H,6-13H2,1-3H3. The molecule has 0 amide bonds. The lowest BCUT2D eigenvalue weighted by molar-refractivity contribution is -0.120. The summed E-state index contributed by atoms with van der Waals surface area (Å²) < 4.78 is 33.7. The average molecular weight is 374 g/mol. The van der Waals surface area contributed by atoms with Crippen molar-refractivity contribution in [1.29, 1.82) is 0 Å². The van der Waals surface area contributed by atoms with Crippen molar-refractivity contribution in [1.82, 2.24) is 13.5 Å². The number of piperidine rings is 1. The summed E-state index contributed by atoms with van der Waals surface area (Å²) in [5.41, 5.74) is -0.316. The van der Waals surface area contributed by atoms with E-state index in [1.165, 1.54) is 14.1 Å². The van der Waals surface area contributed by atoms with Crippen LogP contribution < -0.4 is 0 Å². The van der Waals surface area contributed by atoms with Gasteiger partial charge in [-0.3, -0.25) is 4.90 Å². The van der Waals surface area contributed by atoms with Gasteiger partial charge in [-0.15, -0.1) is 11.3 Å². The van der Waals surface area contributed by atoms with Crippen LogP contribution in [-0.4, -0.2) is 74.4 Å². The average Bonchev–Trinajstić information content (AvgIpc) is 2.95. The van der Waals surface area contributed by atoms with Crippen molar-refractivity contribution in [3.8, 4) is 0 Å². The van der Waals surface area contributed by atoms with Crippen LogP contribution in [-0.2, 0) is 21.5 Å². The van der Waals surface area contributed by atoms with Crippen LogP contribution in [0.1, 0.15) is 22.6 Å². The van der Waals surface area contributed by atoms with E-state index in [2.05, 4.69) is 24.0 Å². The van der Waals surface area contributed by atoms with E-state index >= 15 is 0 Å². The Morgan fingerprint density at radius 2 is 1.96 bits per heavy atom. The summed E-state index contributed by atoms with van der Waals surface area (Å²) >= 11 is 1.85. The van der Waals surface area contributed by atoms with Crippen molar-refractivity contribution in [2.45, 2.75) is 31.9 Å². The van der Waals surface area contributed by atoms with E-state index in [1.807, 2.05) is 11.3 Å². The molecule has 0 unspecified atom stereocenters. The van der Waals surface area contributed by atoms with Gasteiger partial charge in [0.05, 0.1) is 12.2 Å². The molecule has 1 spiro atoms. The molecule has 0 aliphatic carbocycles. The minimum Gasteiger partial charge on any atom is -0.372 e. The minimum atomic E-state index is -3.36. The van der Waals surface area contributed by atoms with E-state index in [9.17, 15) is 8.42 Å². The fraction of sp³-hybridized carbons (Fsp3) is 0.750. The van der Waals surface area contributed by atoms with E-state index in [-0.39, 0.29) is 5.60 Å². The lowest BCUT2D eigenvalue weighted by Gasteiger charge is -2.47. The van der Waals surface area contributed by atoms with Gasteiger partial charge in [-0.25, -0.2) is 0 Å².